The first-order chi connectivity index (χ1) is 8.34. The summed E-state index contributed by atoms with van der Waals surface area (Å²) in [6.07, 6.45) is 7.80. The lowest BCUT2D eigenvalue weighted by Crippen LogP contribution is -2.09. The van der Waals surface area contributed by atoms with E-state index >= 15 is 0 Å². The zero-order valence-corrected chi connectivity index (χ0v) is 10.7. The van der Waals surface area contributed by atoms with Gasteiger partial charge in [0.15, 0.2) is 5.89 Å². The lowest BCUT2D eigenvalue weighted by molar-refractivity contribution is 0.356. The molecule has 0 aromatic carbocycles. The summed E-state index contributed by atoms with van der Waals surface area (Å²) in [5, 5.41) is 3.41. The van der Waals surface area contributed by atoms with Crippen LogP contribution in [0.5, 0.6) is 0 Å². The summed E-state index contributed by atoms with van der Waals surface area (Å²) >= 11 is 0. The predicted molar refractivity (Wildman–Crippen MR) is 67.3 cm³/mol. The number of aryl methyl sites for hydroxylation is 1. The van der Waals surface area contributed by atoms with E-state index in [-0.39, 0.29) is 0 Å². The average Bonchev–Trinajstić information content (AvgIpc) is 2.99. The first kappa shape index (κ1) is 11.3. The van der Waals surface area contributed by atoms with Gasteiger partial charge in [-0.2, -0.15) is 0 Å². The molecule has 1 N–H and O–H groups in total. The molecule has 17 heavy (non-hydrogen) atoms. The number of hydrogen-bond donors (Lipinski definition) is 1. The van der Waals surface area contributed by atoms with Crippen LogP contribution in [0.3, 0.4) is 0 Å². The Kier molecular flexibility index (Phi) is 3.19. The second-order valence-corrected chi connectivity index (χ2v) is 5.52. The van der Waals surface area contributed by atoms with Crippen molar-refractivity contribution in [3.63, 3.8) is 0 Å². The summed E-state index contributed by atoms with van der Waals surface area (Å²) in [5.41, 5.74) is 1.22. The molecule has 1 aliphatic carbocycles. The second kappa shape index (κ2) is 4.81. The quantitative estimate of drug-likeness (QED) is 0.854. The van der Waals surface area contributed by atoms with Crippen LogP contribution >= 0.6 is 0 Å². The second-order valence-electron chi connectivity index (χ2n) is 5.52. The van der Waals surface area contributed by atoms with E-state index in [9.17, 15) is 0 Å². The molecule has 3 nitrogen and oxygen atoms in total. The van der Waals surface area contributed by atoms with Crippen molar-refractivity contribution in [3.8, 4) is 0 Å². The topological polar surface area (TPSA) is 38.1 Å². The van der Waals surface area contributed by atoms with Crippen LogP contribution in [-0.4, -0.2) is 18.1 Å². The van der Waals surface area contributed by atoms with E-state index in [1.807, 2.05) is 0 Å². The smallest absolute Gasteiger partial charge is 0.197 e. The third-order valence-electron chi connectivity index (χ3n) is 4.25. The van der Waals surface area contributed by atoms with E-state index in [4.69, 9.17) is 9.40 Å². The minimum Gasteiger partial charge on any atom is -0.445 e. The van der Waals surface area contributed by atoms with Gasteiger partial charge < -0.3 is 9.73 Å². The molecule has 0 amide bonds. The lowest BCUT2D eigenvalue weighted by Gasteiger charge is -2.17. The molecule has 1 aliphatic heterocycles. The Labute approximate surface area is 103 Å². The third-order valence-corrected chi connectivity index (χ3v) is 4.25. The Bertz CT molecular complexity index is 374. The molecule has 0 spiro atoms. The van der Waals surface area contributed by atoms with Crippen LogP contribution in [-0.2, 0) is 0 Å². The zero-order chi connectivity index (χ0) is 11.7. The minimum atomic E-state index is 0.580. The third kappa shape index (κ3) is 2.25. The highest BCUT2D eigenvalue weighted by Gasteiger charge is 2.26. The Morgan fingerprint density at radius 2 is 1.94 bits per heavy atom. The van der Waals surface area contributed by atoms with Gasteiger partial charge in [0, 0.05) is 18.4 Å². The largest absolute Gasteiger partial charge is 0.445 e. The molecule has 2 heterocycles. The minimum absolute atomic E-state index is 0.580. The van der Waals surface area contributed by atoms with Crippen LogP contribution in [0.2, 0.25) is 0 Å². The van der Waals surface area contributed by atoms with Gasteiger partial charge in [-0.15, -0.1) is 0 Å². The Hall–Kier alpha value is -0.830. The van der Waals surface area contributed by atoms with Crippen molar-refractivity contribution in [3.05, 3.63) is 17.3 Å². The van der Waals surface area contributed by atoms with Crippen molar-refractivity contribution in [1.82, 2.24) is 10.3 Å². The van der Waals surface area contributed by atoms with Gasteiger partial charge in [0.2, 0.25) is 0 Å². The number of rotatable bonds is 2. The van der Waals surface area contributed by atoms with Gasteiger partial charge in [0.05, 0.1) is 5.69 Å². The molecule has 2 fully saturated rings. The SMILES string of the molecule is Cc1oc(C2CCCCC2)nc1C1CCNC1. The molecule has 1 unspecified atom stereocenters. The summed E-state index contributed by atoms with van der Waals surface area (Å²) in [5.74, 6) is 3.24. The molecule has 0 radical (unpaired) electrons. The maximum absolute atomic E-state index is 5.93. The van der Waals surface area contributed by atoms with Crippen LogP contribution in [0.4, 0.5) is 0 Å². The van der Waals surface area contributed by atoms with Gasteiger partial charge in [-0.25, -0.2) is 4.98 Å². The maximum atomic E-state index is 5.93. The molecule has 1 atom stereocenters. The highest BCUT2D eigenvalue weighted by molar-refractivity contribution is 5.17. The molecule has 3 heteroatoms. The number of nitrogens with zero attached hydrogens (tertiary/aromatic N) is 1. The average molecular weight is 234 g/mol. The molecular formula is C14H22N2O. The Balaban J connectivity index is 1.79. The Morgan fingerprint density at radius 3 is 2.65 bits per heavy atom. The summed E-state index contributed by atoms with van der Waals surface area (Å²) in [7, 11) is 0. The molecule has 1 saturated heterocycles. The molecule has 2 aliphatic rings. The van der Waals surface area contributed by atoms with Crippen LogP contribution in [0.1, 0.15) is 67.7 Å². The van der Waals surface area contributed by atoms with Crippen LogP contribution < -0.4 is 5.32 Å². The number of oxazole rings is 1. The van der Waals surface area contributed by atoms with Gasteiger partial charge in [-0.3, -0.25) is 0 Å². The van der Waals surface area contributed by atoms with E-state index in [0.29, 0.717) is 11.8 Å². The molecule has 0 bridgehead atoms. The molecule has 1 saturated carbocycles. The zero-order valence-electron chi connectivity index (χ0n) is 10.7. The van der Waals surface area contributed by atoms with Gasteiger partial charge in [0.1, 0.15) is 5.76 Å². The molecule has 94 valence electrons. The monoisotopic (exact) mass is 234 g/mol. The van der Waals surface area contributed by atoms with Gasteiger partial charge in [0.25, 0.3) is 0 Å². The highest BCUT2D eigenvalue weighted by Crippen LogP contribution is 2.35. The van der Waals surface area contributed by atoms with Gasteiger partial charge in [-0.1, -0.05) is 19.3 Å². The first-order valence-electron chi connectivity index (χ1n) is 7.02. The normalized spacial score (nSPS) is 26.5. The van der Waals surface area contributed by atoms with Gasteiger partial charge >= 0.3 is 0 Å². The maximum Gasteiger partial charge on any atom is 0.197 e. The molecular weight excluding hydrogens is 212 g/mol. The summed E-state index contributed by atoms with van der Waals surface area (Å²) < 4.78 is 5.93. The van der Waals surface area contributed by atoms with E-state index in [1.54, 1.807) is 0 Å². The highest BCUT2D eigenvalue weighted by atomic mass is 16.4. The van der Waals surface area contributed by atoms with Crippen LogP contribution in [0, 0.1) is 6.92 Å². The molecule has 3 rings (SSSR count). The van der Waals surface area contributed by atoms with Crippen LogP contribution in [0.15, 0.2) is 4.42 Å². The lowest BCUT2D eigenvalue weighted by atomic mass is 9.89. The van der Waals surface area contributed by atoms with Crippen molar-refractivity contribution in [2.24, 2.45) is 0 Å². The fourth-order valence-corrected chi connectivity index (χ4v) is 3.22. The fraction of sp³-hybridized carbons (Fsp3) is 0.786. The van der Waals surface area contributed by atoms with Crippen molar-refractivity contribution >= 4 is 0 Å². The summed E-state index contributed by atoms with van der Waals surface area (Å²) in [4.78, 5) is 4.81. The predicted octanol–water partition coefficient (Wildman–Crippen LogP) is 3.11. The van der Waals surface area contributed by atoms with E-state index in [1.165, 1.54) is 44.2 Å². The van der Waals surface area contributed by atoms with E-state index in [2.05, 4.69) is 12.2 Å². The summed E-state index contributed by atoms with van der Waals surface area (Å²) in [6, 6.07) is 0. The van der Waals surface area contributed by atoms with Crippen molar-refractivity contribution in [2.45, 2.75) is 57.3 Å². The molecule has 1 aromatic rings. The van der Waals surface area contributed by atoms with Crippen molar-refractivity contribution < 1.29 is 4.42 Å². The van der Waals surface area contributed by atoms with Crippen molar-refractivity contribution in [2.75, 3.05) is 13.1 Å². The molecule has 1 aromatic heterocycles. The number of aromatic nitrogens is 1. The Morgan fingerprint density at radius 1 is 1.12 bits per heavy atom. The fourth-order valence-electron chi connectivity index (χ4n) is 3.22. The summed E-state index contributed by atoms with van der Waals surface area (Å²) in [6.45, 7) is 4.26. The standard InChI is InChI=1S/C14H22N2O/c1-10-13(12-7-8-15-9-12)16-14(17-10)11-5-3-2-4-6-11/h11-12,15H,2-9H2,1H3. The van der Waals surface area contributed by atoms with Crippen LogP contribution in [0.25, 0.3) is 0 Å². The van der Waals surface area contributed by atoms with Gasteiger partial charge in [-0.05, 0) is 32.7 Å². The van der Waals surface area contributed by atoms with Crippen molar-refractivity contribution in [1.29, 1.82) is 0 Å². The van der Waals surface area contributed by atoms with E-state index < -0.39 is 0 Å². The van der Waals surface area contributed by atoms with E-state index in [0.717, 1.165) is 24.7 Å². The first-order valence-corrected chi connectivity index (χ1v) is 7.02. The number of nitrogens with one attached hydrogen (secondary N) is 1. The number of hydrogen-bond acceptors (Lipinski definition) is 3.